The van der Waals surface area contributed by atoms with E-state index in [1.165, 1.54) is 0 Å². The Labute approximate surface area is 117 Å². The Balaban J connectivity index is 2.69. The van der Waals surface area contributed by atoms with E-state index in [-0.39, 0.29) is 18.3 Å². The van der Waals surface area contributed by atoms with E-state index in [4.69, 9.17) is 9.84 Å². The lowest BCUT2D eigenvalue weighted by molar-refractivity contribution is -0.384. The first-order valence-corrected chi connectivity index (χ1v) is 6.65. The van der Waals surface area contributed by atoms with E-state index < -0.39 is 4.92 Å². The molecule has 0 aliphatic rings. The van der Waals surface area contributed by atoms with E-state index >= 15 is 0 Å². The maximum Gasteiger partial charge on any atom is 0.333 e. The number of hydrogen-bond donors (Lipinski definition) is 2. The zero-order valence-electron chi connectivity index (χ0n) is 12.1. The van der Waals surface area contributed by atoms with Gasteiger partial charge in [-0.05, 0) is 27.2 Å². The lowest BCUT2D eigenvalue weighted by Crippen LogP contribution is -2.13. The summed E-state index contributed by atoms with van der Waals surface area (Å²) in [4.78, 5) is 10.7. The van der Waals surface area contributed by atoms with Crippen LogP contribution in [0.4, 0.5) is 11.5 Å². The lowest BCUT2D eigenvalue weighted by atomic mass is 10.3. The Bertz CT molecular complexity index is 445. The number of aryl methyl sites for hydroxylation is 1. The molecule has 1 aromatic heterocycles. The second-order valence-electron chi connectivity index (χ2n) is 4.69. The van der Waals surface area contributed by atoms with Crippen LogP contribution in [0.15, 0.2) is 0 Å². The van der Waals surface area contributed by atoms with Crippen molar-refractivity contribution in [2.24, 2.45) is 0 Å². The molecule has 8 heteroatoms. The number of aliphatic hydroxyl groups excluding tert-OH is 1. The summed E-state index contributed by atoms with van der Waals surface area (Å²) < 4.78 is 6.76. The van der Waals surface area contributed by atoms with Crippen LogP contribution in [0.25, 0.3) is 0 Å². The van der Waals surface area contributed by atoms with Gasteiger partial charge in [0.05, 0.1) is 18.1 Å². The van der Waals surface area contributed by atoms with Gasteiger partial charge in [-0.1, -0.05) is 0 Å². The van der Waals surface area contributed by atoms with Crippen molar-refractivity contribution in [1.82, 2.24) is 9.78 Å². The van der Waals surface area contributed by atoms with E-state index in [0.717, 1.165) is 0 Å². The molecule has 0 atom stereocenters. The summed E-state index contributed by atoms with van der Waals surface area (Å²) in [5.74, 6) is 0.435. The van der Waals surface area contributed by atoms with Gasteiger partial charge < -0.3 is 15.2 Å². The molecular weight excluding hydrogens is 264 g/mol. The quantitative estimate of drug-likeness (QED) is 0.405. The maximum atomic E-state index is 11.1. The number of rotatable bonds is 9. The molecule has 0 bridgehead atoms. The summed E-state index contributed by atoms with van der Waals surface area (Å²) in [5, 5.41) is 27.0. The molecule has 0 aliphatic carbocycles. The van der Waals surface area contributed by atoms with Gasteiger partial charge in [-0.3, -0.25) is 10.1 Å². The molecule has 0 unspecified atom stereocenters. The van der Waals surface area contributed by atoms with Crippen molar-refractivity contribution in [3.8, 4) is 0 Å². The smallest absolute Gasteiger partial charge is 0.333 e. The molecule has 1 heterocycles. The van der Waals surface area contributed by atoms with Crippen molar-refractivity contribution >= 4 is 11.5 Å². The molecule has 0 aliphatic heterocycles. The van der Waals surface area contributed by atoms with Gasteiger partial charge in [-0.2, -0.15) is 5.10 Å². The Morgan fingerprint density at radius 2 is 2.20 bits per heavy atom. The number of nitrogens with one attached hydrogen (secondary N) is 1. The second-order valence-corrected chi connectivity index (χ2v) is 4.69. The number of ether oxygens (including phenoxy) is 1. The number of hydrogen-bond acceptors (Lipinski definition) is 6. The average Bonchev–Trinajstić information content (AvgIpc) is 2.71. The molecule has 0 spiro atoms. The van der Waals surface area contributed by atoms with Crippen LogP contribution in [0.5, 0.6) is 0 Å². The third-order valence-corrected chi connectivity index (χ3v) is 2.72. The van der Waals surface area contributed by atoms with Crippen molar-refractivity contribution < 1.29 is 14.8 Å². The Morgan fingerprint density at radius 3 is 2.75 bits per heavy atom. The fraction of sp³-hybridized carbons (Fsp3) is 0.750. The normalized spacial score (nSPS) is 11.1. The van der Waals surface area contributed by atoms with Gasteiger partial charge in [-0.25, -0.2) is 4.68 Å². The Hall–Kier alpha value is -1.67. The summed E-state index contributed by atoms with van der Waals surface area (Å²) in [6.45, 7) is 6.83. The number of nitro groups is 1. The Kier molecular flexibility index (Phi) is 6.40. The fourth-order valence-corrected chi connectivity index (χ4v) is 1.84. The van der Waals surface area contributed by atoms with Crippen LogP contribution in [0, 0.1) is 17.0 Å². The number of aromatic nitrogens is 2. The summed E-state index contributed by atoms with van der Waals surface area (Å²) in [7, 11) is 0. The predicted molar refractivity (Wildman–Crippen MR) is 75.0 cm³/mol. The fourth-order valence-electron chi connectivity index (χ4n) is 1.84. The highest BCUT2D eigenvalue weighted by molar-refractivity contribution is 5.59. The molecule has 114 valence electrons. The summed E-state index contributed by atoms with van der Waals surface area (Å²) in [6, 6.07) is 0.0375. The van der Waals surface area contributed by atoms with E-state index in [1.807, 2.05) is 13.8 Å². The molecule has 0 aromatic carbocycles. The zero-order valence-corrected chi connectivity index (χ0v) is 12.1. The van der Waals surface area contributed by atoms with Crippen LogP contribution in [0.2, 0.25) is 0 Å². The minimum Gasteiger partial charge on any atom is -0.394 e. The van der Waals surface area contributed by atoms with Gasteiger partial charge in [0.1, 0.15) is 5.69 Å². The molecule has 20 heavy (non-hydrogen) atoms. The van der Waals surface area contributed by atoms with E-state index in [2.05, 4.69) is 10.4 Å². The molecule has 1 aromatic rings. The molecule has 0 fully saturated rings. The van der Waals surface area contributed by atoms with Gasteiger partial charge in [0, 0.05) is 19.2 Å². The molecule has 2 N–H and O–H groups in total. The Morgan fingerprint density at radius 1 is 1.50 bits per heavy atom. The van der Waals surface area contributed by atoms with Crippen LogP contribution in [0.1, 0.15) is 32.0 Å². The molecule has 0 amide bonds. The van der Waals surface area contributed by atoms with Crippen LogP contribution in [-0.2, 0) is 4.74 Å². The van der Waals surface area contributed by atoms with Crippen molar-refractivity contribution in [1.29, 1.82) is 0 Å². The third kappa shape index (κ3) is 4.17. The van der Waals surface area contributed by atoms with Crippen LogP contribution >= 0.6 is 0 Å². The van der Waals surface area contributed by atoms with Gasteiger partial charge in [0.25, 0.3) is 0 Å². The van der Waals surface area contributed by atoms with Gasteiger partial charge >= 0.3 is 5.69 Å². The van der Waals surface area contributed by atoms with E-state index in [0.29, 0.717) is 37.7 Å². The average molecular weight is 286 g/mol. The SMILES string of the molecule is Cc1nn(C(C)C)c(NCCCOCCO)c1[N+](=O)[O-]. The number of anilines is 1. The van der Waals surface area contributed by atoms with E-state index in [1.54, 1.807) is 11.6 Å². The summed E-state index contributed by atoms with van der Waals surface area (Å²) in [6.07, 6.45) is 0.694. The van der Waals surface area contributed by atoms with Crippen LogP contribution in [0.3, 0.4) is 0 Å². The highest BCUT2D eigenvalue weighted by Crippen LogP contribution is 2.30. The summed E-state index contributed by atoms with van der Waals surface area (Å²) >= 11 is 0. The van der Waals surface area contributed by atoms with Crippen molar-refractivity contribution in [3.63, 3.8) is 0 Å². The lowest BCUT2D eigenvalue weighted by Gasteiger charge is -2.11. The standard InChI is InChI=1S/C12H22N4O4/c1-9(2)15-12(11(16(18)19)10(3)14-15)13-5-4-7-20-8-6-17/h9,13,17H,4-8H2,1-3H3. The largest absolute Gasteiger partial charge is 0.394 e. The van der Waals surface area contributed by atoms with Crippen molar-refractivity contribution in [2.75, 3.05) is 31.7 Å². The molecule has 0 radical (unpaired) electrons. The minimum absolute atomic E-state index is 0.00177. The predicted octanol–water partition coefficient (Wildman–Crippen LogP) is 1.49. The third-order valence-electron chi connectivity index (χ3n) is 2.72. The number of nitrogens with zero attached hydrogens (tertiary/aromatic N) is 3. The molecule has 0 saturated heterocycles. The first-order chi connectivity index (χ1) is 9.49. The van der Waals surface area contributed by atoms with Crippen LogP contribution < -0.4 is 5.32 Å². The number of aliphatic hydroxyl groups is 1. The first-order valence-electron chi connectivity index (χ1n) is 6.65. The van der Waals surface area contributed by atoms with Gasteiger partial charge in [0.15, 0.2) is 0 Å². The second kappa shape index (κ2) is 7.81. The topological polar surface area (TPSA) is 102 Å². The highest BCUT2D eigenvalue weighted by atomic mass is 16.6. The zero-order chi connectivity index (χ0) is 15.1. The maximum absolute atomic E-state index is 11.1. The van der Waals surface area contributed by atoms with Crippen LogP contribution in [-0.4, -0.2) is 46.2 Å². The van der Waals surface area contributed by atoms with E-state index in [9.17, 15) is 10.1 Å². The molecular formula is C12H22N4O4. The molecule has 8 nitrogen and oxygen atoms in total. The van der Waals surface area contributed by atoms with Gasteiger partial charge in [-0.15, -0.1) is 0 Å². The van der Waals surface area contributed by atoms with Crippen molar-refractivity contribution in [2.45, 2.75) is 33.2 Å². The summed E-state index contributed by atoms with van der Waals surface area (Å²) in [5.41, 5.74) is 0.428. The van der Waals surface area contributed by atoms with Gasteiger partial charge in [0.2, 0.25) is 5.82 Å². The molecule has 0 saturated carbocycles. The highest BCUT2D eigenvalue weighted by Gasteiger charge is 2.25. The first kappa shape index (κ1) is 16.4. The monoisotopic (exact) mass is 286 g/mol. The minimum atomic E-state index is -0.411. The van der Waals surface area contributed by atoms with Crippen molar-refractivity contribution in [3.05, 3.63) is 15.8 Å². The molecule has 1 rings (SSSR count).